The Morgan fingerprint density at radius 3 is 1.73 bits per heavy atom. The van der Waals surface area contributed by atoms with E-state index in [-0.39, 0.29) is 12.7 Å². The lowest BCUT2D eigenvalue weighted by Gasteiger charge is -2.13. The molecule has 0 amide bonds. The molecule has 3 nitrogen and oxygen atoms in total. The van der Waals surface area contributed by atoms with E-state index in [1.165, 1.54) is 11.1 Å². The lowest BCUT2D eigenvalue weighted by molar-refractivity contribution is -0.0225. The van der Waals surface area contributed by atoms with E-state index >= 15 is 0 Å². The summed E-state index contributed by atoms with van der Waals surface area (Å²) in [4.78, 5) is 0. The SMILES string of the molecule is OC[C@H]1O[C@@H](c2ccc(-c3ccc(-c4ccccc4)cc3)cc2)CC1O. The van der Waals surface area contributed by atoms with E-state index in [2.05, 4.69) is 48.5 Å². The summed E-state index contributed by atoms with van der Waals surface area (Å²) in [6.07, 6.45) is -0.715. The van der Waals surface area contributed by atoms with E-state index in [1.807, 2.05) is 30.3 Å². The zero-order chi connectivity index (χ0) is 17.9. The largest absolute Gasteiger partial charge is 0.394 e. The fourth-order valence-electron chi connectivity index (χ4n) is 3.48. The molecule has 0 aliphatic carbocycles. The predicted octanol–water partition coefficient (Wildman–Crippen LogP) is 4.20. The van der Waals surface area contributed by atoms with Gasteiger partial charge in [0.1, 0.15) is 6.10 Å². The molecule has 0 aromatic heterocycles. The minimum absolute atomic E-state index is 0.149. The highest BCUT2D eigenvalue weighted by molar-refractivity contribution is 5.70. The average molecular weight is 346 g/mol. The Balaban J connectivity index is 1.50. The molecule has 2 N–H and O–H groups in total. The van der Waals surface area contributed by atoms with Gasteiger partial charge in [0.15, 0.2) is 0 Å². The van der Waals surface area contributed by atoms with Crippen LogP contribution in [-0.2, 0) is 4.74 Å². The number of benzene rings is 3. The number of aliphatic hydroxyl groups is 2. The highest BCUT2D eigenvalue weighted by Gasteiger charge is 2.34. The first-order chi connectivity index (χ1) is 12.7. The number of rotatable bonds is 4. The maximum Gasteiger partial charge on any atom is 0.107 e. The lowest BCUT2D eigenvalue weighted by atomic mass is 9.98. The third kappa shape index (κ3) is 3.42. The maximum absolute atomic E-state index is 9.89. The van der Waals surface area contributed by atoms with Crippen LogP contribution in [0.4, 0.5) is 0 Å². The van der Waals surface area contributed by atoms with Gasteiger partial charge in [-0.1, -0.05) is 78.9 Å². The molecule has 1 heterocycles. The van der Waals surface area contributed by atoms with E-state index in [0.717, 1.165) is 16.7 Å². The molecule has 0 radical (unpaired) electrons. The van der Waals surface area contributed by atoms with Crippen LogP contribution < -0.4 is 0 Å². The molecule has 1 fully saturated rings. The summed E-state index contributed by atoms with van der Waals surface area (Å²) >= 11 is 0. The van der Waals surface area contributed by atoms with Crippen molar-refractivity contribution >= 4 is 0 Å². The molecule has 0 saturated carbocycles. The van der Waals surface area contributed by atoms with Crippen LogP contribution in [0, 0.1) is 0 Å². The highest BCUT2D eigenvalue weighted by Crippen LogP contribution is 2.34. The summed E-state index contributed by atoms with van der Waals surface area (Å²) < 4.78 is 5.72. The van der Waals surface area contributed by atoms with Crippen LogP contribution in [0.15, 0.2) is 78.9 Å². The van der Waals surface area contributed by atoms with Crippen molar-refractivity contribution in [1.29, 1.82) is 0 Å². The molecule has 1 saturated heterocycles. The molecule has 1 aliphatic rings. The first-order valence-electron chi connectivity index (χ1n) is 8.95. The molecule has 1 aliphatic heterocycles. The van der Waals surface area contributed by atoms with Crippen LogP contribution in [-0.4, -0.2) is 29.0 Å². The minimum atomic E-state index is -0.602. The van der Waals surface area contributed by atoms with Crippen molar-refractivity contribution < 1.29 is 14.9 Å². The van der Waals surface area contributed by atoms with Crippen molar-refractivity contribution in [2.24, 2.45) is 0 Å². The van der Waals surface area contributed by atoms with Crippen molar-refractivity contribution in [3.05, 3.63) is 84.4 Å². The zero-order valence-corrected chi connectivity index (χ0v) is 14.5. The number of aliphatic hydroxyl groups excluding tert-OH is 2. The zero-order valence-electron chi connectivity index (χ0n) is 14.5. The molecule has 0 bridgehead atoms. The quantitative estimate of drug-likeness (QED) is 0.744. The molecular formula is C23H22O3. The fourth-order valence-corrected chi connectivity index (χ4v) is 3.48. The topological polar surface area (TPSA) is 49.7 Å². The monoisotopic (exact) mass is 346 g/mol. The van der Waals surface area contributed by atoms with Gasteiger partial charge in [-0.2, -0.15) is 0 Å². The number of hydrogen-bond acceptors (Lipinski definition) is 3. The van der Waals surface area contributed by atoms with Crippen LogP contribution in [0.5, 0.6) is 0 Å². The summed E-state index contributed by atoms with van der Waals surface area (Å²) in [6, 6.07) is 27.1. The second-order valence-corrected chi connectivity index (χ2v) is 6.71. The van der Waals surface area contributed by atoms with Crippen LogP contribution >= 0.6 is 0 Å². The van der Waals surface area contributed by atoms with E-state index < -0.39 is 12.2 Å². The Hall–Kier alpha value is -2.46. The molecular weight excluding hydrogens is 324 g/mol. The fraction of sp³-hybridized carbons (Fsp3) is 0.217. The third-order valence-electron chi connectivity index (χ3n) is 5.01. The van der Waals surface area contributed by atoms with Crippen LogP contribution in [0.1, 0.15) is 18.1 Å². The summed E-state index contributed by atoms with van der Waals surface area (Å²) in [5.74, 6) is 0. The van der Waals surface area contributed by atoms with E-state index in [1.54, 1.807) is 0 Å². The van der Waals surface area contributed by atoms with Crippen LogP contribution in [0.25, 0.3) is 22.3 Å². The first kappa shape index (κ1) is 17.0. The Bertz CT molecular complexity index is 841. The highest BCUT2D eigenvalue weighted by atomic mass is 16.5. The van der Waals surface area contributed by atoms with E-state index in [9.17, 15) is 10.2 Å². The van der Waals surface area contributed by atoms with Gasteiger partial charge in [-0.3, -0.25) is 0 Å². The molecule has 3 heteroatoms. The number of ether oxygens (including phenoxy) is 1. The molecule has 4 rings (SSSR count). The van der Waals surface area contributed by atoms with Gasteiger partial charge in [0, 0.05) is 6.42 Å². The van der Waals surface area contributed by atoms with Crippen LogP contribution in [0.2, 0.25) is 0 Å². The van der Waals surface area contributed by atoms with Gasteiger partial charge in [-0.15, -0.1) is 0 Å². The Kier molecular flexibility index (Phi) is 4.85. The average Bonchev–Trinajstić information content (AvgIpc) is 3.10. The van der Waals surface area contributed by atoms with Gasteiger partial charge in [-0.05, 0) is 27.8 Å². The summed E-state index contributed by atoms with van der Waals surface area (Å²) in [5, 5.41) is 19.1. The second kappa shape index (κ2) is 7.42. The Labute approximate surface area is 153 Å². The molecule has 3 atom stereocenters. The summed E-state index contributed by atoms with van der Waals surface area (Å²) in [6.45, 7) is -0.149. The third-order valence-corrected chi connectivity index (χ3v) is 5.01. The molecule has 26 heavy (non-hydrogen) atoms. The van der Waals surface area contributed by atoms with Gasteiger partial charge in [0.2, 0.25) is 0 Å². The molecule has 3 aromatic carbocycles. The number of hydrogen-bond donors (Lipinski definition) is 2. The van der Waals surface area contributed by atoms with Gasteiger partial charge >= 0.3 is 0 Å². The molecule has 3 aromatic rings. The second-order valence-electron chi connectivity index (χ2n) is 6.71. The van der Waals surface area contributed by atoms with Crippen molar-refractivity contribution in [2.75, 3.05) is 6.61 Å². The van der Waals surface area contributed by atoms with Crippen molar-refractivity contribution in [3.63, 3.8) is 0 Å². The summed E-state index contributed by atoms with van der Waals surface area (Å²) in [5.41, 5.74) is 5.76. The smallest absolute Gasteiger partial charge is 0.107 e. The first-order valence-corrected chi connectivity index (χ1v) is 8.95. The minimum Gasteiger partial charge on any atom is -0.394 e. The molecule has 132 valence electrons. The van der Waals surface area contributed by atoms with Gasteiger partial charge in [0.25, 0.3) is 0 Å². The summed E-state index contributed by atoms with van der Waals surface area (Å²) in [7, 11) is 0. The molecule has 0 spiro atoms. The van der Waals surface area contributed by atoms with E-state index in [4.69, 9.17) is 4.74 Å². The van der Waals surface area contributed by atoms with Crippen LogP contribution in [0.3, 0.4) is 0 Å². The normalized spacial score (nSPS) is 22.5. The van der Waals surface area contributed by atoms with Gasteiger partial charge in [0.05, 0.1) is 18.8 Å². The Morgan fingerprint density at radius 1 is 0.731 bits per heavy atom. The van der Waals surface area contributed by atoms with Gasteiger partial charge in [-0.25, -0.2) is 0 Å². The standard InChI is InChI=1S/C23H22O3/c24-15-23-21(25)14-22(26-23)20-12-10-19(11-13-20)18-8-6-17(7-9-18)16-4-2-1-3-5-16/h1-13,21-25H,14-15H2/t21?,22-,23-/m1/s1. The lowest BCUT2D eigenvalue weighted by Crippen LogP contribution is -2.24. The van der Waals surface area contributed by atoms with E-state index in [0.29, 0.717) is 6.42 Å². The van der Waals surface area contributed by atoms with Crippen molar-refractivity contribution in [3.8, 4) is 22.3 Å². The Morgan fingerprint density at radius 2 is 1.23 bits per heavy atom. The van der Waals surface area contributed by atoms with Crippen molar-refractivity contribution in [1.82, 2.24) is 0 Å². The predicted molar refractivity (Wildman–Crippen MR) is 103 cm³/mol. The van der Waals surface area contributed by atoms with Gasteiger partial charge < -0.3 is 14.9 Å². The molecule has 1 unspecified atom stereocenters. The van der Waals surface area contributed by atoms with Crippen molar-refractivity contribution in [2.45, 2.75) is 24.7 Å². The maximum atomic E-state index is 9.89.